The molecule has 1 aliphatic rings. The molecule has 1 rings (SSSR count). The summed E-state index contributed by atoms with van der Waals surface area (Å²) < 4.78 is 0. The van der Waals surface area contributed by atoms with Gasteiger partial charge >= 0.3 is 0 Å². The molecule has 2 N–H and O–H groups in total. The number of rotatable bonds is 8. The van der Waals surface area contributed by atoms with Gasteiger partial charge in [-0.05, 0) is 43.4 Å². The van der Waals surface area contributed by atoms with Crippen molar-refractivity contribution >= 4 is 11.8 Å². The fraction of sp³-hybridized carbons (Fsp3) is 1.00. The van der Waals surface area contributed by atoms with Crippen LogP contribution in [0, 0.1) is 11.8 Å². The van der Waals surface area contributed by atoms with Gasteiger partial charge in [-0.25, -0.2) is 0 Å². The molecular weight excluding hydrogens is 226 g/mol. The van der Waals surface area contributed by atoms with Crippen LogP contribution in [0.1, 0.15) is 65.2 Å². The predicted molar refractivity (Wildman–Crippen MR) is 80.6 cm³/mol. The third kappa shape index (κ3) is 5.65. The lowest BCUT2D eigenvalue weighted by Crippen LogP contribution is -2.32. The van der Waals surface area contributed by atoms with Crippen molar-refractivity contribution in [2.45, 2.75) is 70.5 Å². The summed E-state index contributed by atoms with van der Waals surface area (Å²) >= 11 is 2.22. The Kier molecular flexibility index (Phi) is 8.38. The van der Waals surface area contributed by atoms with Gasteiger partial charge in [0.25, 0.3) is 0 Å². The van der Waals surface area contributed by atoms with Crippen LogP contribution in [0.3, 0.4) is 0 Å². The average molecular weight is 257 g/mol. The van der Waals surface area contributed by atoms with E-state index in [4.69, 9.17) is 5.73 Å². The summed E-state index contributed by atoms with van der Waals surface area (Å²) in [5.74, 6) is 3.15. The summed E-state index contributed by atoms with van der Waals surface area (Å²) in [7, 11) is 0. The molecule has 0 heterocycles. The first-order valence-electron chi connectivity index (χ1n) is 7.63. The van der Waals surface area contributed by atoms with E-state index in [1.165, 1.54) is 57.1 Å². The van der Waals surface area contributed by atoms with Crippen molar-refractivity contribution in [3.63, 3.8) is 0 Å². The third-order valence-electron chi connectivity index (χ3n) is 4.12. The maximum Gasteiger partial charge on any atom is 0.00899 e. The number of unbranched alkanes of at least 4 members (excludes halogenated alkanes) is 2. The Morgan fingerprint density at radius 2 is 1.94 bits per heavy atom. The number of hydrogen-bond donors (Lipinski definition) is 1. The highest BCUT2D eigenvalue weighted by Gasteiger charge is 2.29. The molecule has 1 saturated carbocycles. The van der Waals surface area contributed by atoms with Crippen LogP contribution in [-0.2, 0) is 0 Å². The summed E-state index contributed by atoms with van der Waals surface area (Å²) in [5, 5.41) is 0.863. The van der Waals surface area contributed by atoms with Crippen LogP contribution in [0.15, 0.2) is 0 Å². The van der Waals surface area contributed by atoms with Crippen molar-refractivity contribution in [2.75, 3.05) is 12.3 Å². The predicted octanol–water partition coefficient (Wildman–Crippen LogP) is 4.45. The van der Waals surface area contributed by atoms with Crippen molar-refractivity contribution in [3.8, 4) is 0 Å². The minimum absolute atomic E-state index is 0.801. The second kappa shape index (κ2) is 9.27. The Morgan fingerprint density at radius 1 is 1.12 bits per heavy atom. The molecule has 0 radical (unpaired) electrons. The van der Waals surface area contributed by atoms with Gasteiger partial charge in [0, 0.05) is 5.25 Å². The normalized spacial score (nSPS) is 29.5. The van der Waals surface area contributed by atoms with Gasteiger partial charge in [-0.3, -0.25) is 0 Å². The lowest BCUT2D eigenvalue weighted by molar-refractivity contribution is 0.276. The van der Waals surface area contributed by atoms with E-state index in [-0.39, 0.29) is 0 Å². The van der Waals surface area contributed by atoms with E-state index >= 15 is 0 Å². The minimum Gasteiger partial charge on any atom is -0.330 e. The molecule has 0 saturated heterocycles. The van der Waals surface area contributed by atoms with Crippen LogP contribution < -0.4 is 5.73 Å². The van der Waals surface area contributed by atoms with Crippen LogP contribution >= 0.6 is 11.8 Å². The fourth-order valence-corrected chi connectivity index (χ4v) is 4.61. The molecule has 0 aromatic carbocycles. The van der Waals surface area contributed by atoms with Gasteiger partial charge in [0.2, 0.25) is 0 Å². The van der Waals surface area contributed by atoms with E-state index in [0.717, 1.165) is 23.6 Å². The zero-order valence-electron chi connectivity index (χ0n) is 11.8. The van der Waals surface area contributed by atoms with E-state index in [9.17, 15) is 0 Å². The Labute approximate surface area is 112 Å². The van der Waals surface area contributed by atoms with Gasteiger partial charge in [0.15, 0.2) is 0 Å². The van der Waals surface area contributed by atoms with E-state index in [2.05, 4.69) is 25.6 Å². The molecular formula is C15H31NS. The first-order chi connectivity index (χ1) is 8.31. The van der Waals surface area contributed by atoms with E-state index in [1.54, 1.807) is 0 Å². The molecule has 3 unspecified atom stereocenters. The molecule has 3 atom stereocenters. The van der Waals surface area contributed by atoms with Gasteiger partial charge in [-0.2, -0.15) is 11.8 Å². The minimum atomic E-state index is 0.801. The summed E-state index contributed by atoms with van der Waals surface area (Å²) in [6, 6.07) is 0. The standard InChI is InChI=1S/C15H31NS/c1-3-5-6-10-17-15-11-13(7-4-2)8-9-14(15)12-16/h13-15H,3-12,16H2,1-2H3. The second-order valence-electron chi connectivity index (χ2n) is 5.58. The number of thioether (sulfide) groups is 1. The zero-order chi connectivity index (χ0) is 12.5. The molecule has 17 heavy (non-hydrogen) atoms. The third-order valence-corrected chi connectivity index (χ3v) is 5.65. The summed E-state index contributed by atoms with van der Waals surface area (Å²) in [6.07, 6.45) is 11.2. The Morgan fingerprint density at radius 3 is 2.59 bits per heavy atom. The first kappa shape index (κ1) is 15.4. The topological polar surface area (TPSA) is 26.0 Å². The number of nitrogens with two attached hydrogens (primary N) is 1. The van der Waals surface area contributed by atoms with E-state index in [0.29, 0.717) is 0 Å². The van der Waals surface area contributed by atoms with Crippen molar-refractivity contribution in [3.05, 3.63) is 0 Å². The van der Waals surface area contributed by atoms with Crippen molar-refractivity contribution in [1.82, 2.24) is 0 Å². The fourth-order valence-electron chi connectivity index (χ4n) is 3.01. The van der Waals surface area contributed by atoms with Crippen LogP contribution in [0.4, 0.5) is 0 Å². The highest BCUT2D eigenvalue weighted by molar-refractivity contribution is 7.99. The zero-order valence-corrected chi connectivity index (χ0v) is 12.6. The maximum atomic E-state index is 5.93. The molecule has 0 amide bonds. The molecule has 1 fully saturated rings. The lowest BCUT2D eigenvalue weighted by Gasteiger charge is -2.35. The van der Waals surface area contributed by atoms with Crippen LogP contribution in [0.25, 0.3) is 0 Å². The summed E-state index contributed by atoms with van der Waals surface area (Å²) in [4.78, 5) is 0. The maximum absolute atomic E-state index is 5.93. The number of hydrogen-bond acceptors (Lipinski definition) is 2. The van der Waals surface area contributed by atoms with E-state index < -0.39 is 0 Å². The Hall–Kier alpha value is 0.310. The van der Waals surface area contributed by atoms with E-state index in [1.807, 2.05) is 0 Å². The van der Waals surface area contributed by atoms with Crippen molar-refractivity contribution in [2.24, 2.45) is 17.6 Å². The van der Waals surface area contributed by atoms with Gasteiger partial charge < -0.3 is 5.73 Å². The van der Waals surface area contributed by atoms with Crippen LogP contribution in [0.2, 0.25) is 0 Å². The smallest absolute Gasteiger partial charge is 0.00899 e. The molecule has 1 nitrogen and oxygen atoms in total. The SMILES string of the molecule is CCCCCSC1CC(CCC)CCC1CN. The lowest BCUT2D eigenvalue weighted by atomic mass is 9.80. The second-order valence-corrected chi connectivity index (χ2v) is 6.93. The Bertz CT molecular complexity index is 184. The monoisotopic (exact) mass is 257 g/mol. The largest absolute Gasteiger partial charge is 0.330 e. The molecule has 102 valence electrons. The highest BCUT2D eigenvalue weighted by atomic mass is 32.2. The molecule has 2 heteroatoms. The molecule has 0 aromatic heterocycles. The van der Waals surface area contributed by atoms with Crippen LogP contribution in [-0.4, -0.2) is 17.5 Å². The first-order valence-corrected chi connectivity index (χ1v) is 8.68. The molecule has 1 aliphatic carbocycles. The van der Waals surface area contributed by atoms with Gasteiger partial charge in [0.05, 0.1) is 0 Å². The quantitative estimate of drug-likeness (QED) is 0.650. The average Bonchev–Trinajstić information content (AvgIpc) is 2.35. The van der Waals surface area contributed by atoms with Gasteiger partial charge in [0.1, 0.15) is 0 Å². The van der Waals surface area contributed by atoms with Crippen molar-refractivity contribution < 1.29 is 0 Å². The summed E-state index contributed by atoms with van der Waals surface area (Å²) in [5.41, 5.74) is 5.93. The Balaban J connectivity index is 2.29. The highest BCUT2D eigenvalue weighted by Crippen LogP contribution is 2.38. The van der Waals surface area contributed by atoms with Crippen molar-refractivity contribution in [1.29, 1.82) is 0 Å². The molecule has 0 spiro atoms. The van der Waals surface area contributed by atoms with Crippen LogP contribution in [0.5, 0.6) is 0 Å². The summed E-state index contributed by atoms with van der Waals surface area (Å²) in [6.45, 7) is 5.51. The van der Waals surface area contributed by atoms with Gasteiger partial charge in [-0.15, -0.1) is 0 Å². The molecule has 0 aliphatic heterocycles. The molecule has 0 aromatic rings. The van der Waals surface area contributed by atoms with Gasteiger partial charge in [-0.1, -0.05) is 46.0 Å². The molecule has 0 bridgehead atoms.